The van der Waals surface area contributed by atoms with E-state index in [9.17, 15) is 0 Å². The molecule has 1 aromatic heterocycles. The Hall–Kier alpha value is -1.74. The molecule has 16 heavy (non-hydrogen) atoms. The van der Waals surface area contributed by atoms with Crippen LogP contribution in [0.2, 0.25) is 0 Å². The van der Waals surface area contributed by atoms with Gasteiger partial charge in [-0.1, -0.05) is 30.3 Å². The summed E-state index contributed by atoms with van der Waals surface area (Å²) in [7, 11) is 0. The van der Waals surface area contributed by atoms with E-state index in [0.717, 1.165) is 12.2 Å². The van der Waals surface area contributed by atoms with Crippen LogP contribution in [-0.2, 0) is 6.54 Å². The molecule has 0 unspecified atom stereocenters. The lowest BCUT2D eigenvalue weighted by atomic mass is 10.1. The van der Waals surface area contributed by atoms with Crippen LogP contribution in [0.15, 0.2) is 48.9 Å². The van der Waals surface area contributed by atoms with Crippen LogP contribution in [0.4, 0.5) is 0 Å². The Kier molecular flexibility index (Phi) is 3.62. The fourth-order valence-electron chi connectivity index (χ4n) is 1.54. The Morgan fingerprint density at radius 3 is 2.69 bits per heavy atom. The molecule has 1 heterocycles. The van der Waals surface area contributed by atoms with E-state index >= 15 is 0 Å². The van der Waals surface area contributed by atoms with E-state index in [0.29, 0.717) is 6.04 Å². The first kappa shape index (κ1) is 10.8. The lowest BCUT2D eigenvalue weighted by Crippen LogP contribution is -2.18. The van der Waals surface area contributed by atoms with Crippen molar-refractivity contribution in [3.8, 4) is 0 Å². The predicted octanol–water partition coefficient (Wildman–Crippen LogP) is 2.33. The summed E-state index contributed by atoms with van der Waals surface area (Å²) in [6.07, 6.45) is 3.33. The first-order chi connectivity index (χ1) is 7.86. The van der Waals surface area contributed by atoms with Gasteiger partial charge in [-0.15, -0.1) is 0 Å². The molecule has 0 aliphatic carbocycles. The molecule has 2 rings (SSSR count). The van der Waals surface area contributed by atoms with Gasteiger partial charge in [0, 0.05) is 18.8 Å². The zero-order chi connectivity index (χ0) is 11.2. The molecule has 0 saturated heterocycles. The Morgan fingerprint density at radius 1 is 1.19 bits per heavy atom. The smallest absolute Gasteiger partial charge is 0.115 e. The average molecular weight is 213 g/mol. The lowest BCUT2D eigenvalue weighted by molar-refractivity contribution is 0.567. The largest absolute Gasteiger partial charge is 0.305 e. The summed E-state index contributed by atoms with van der Waals surface area (Å²) in [6.45, 7) is 2.91. The third-order valence-electron chi connectivity index (χ3n) is 2.53. The van der Waals surface area contributed by atoms with Gasteiger partial charge in [0.2, 0.25) is 0 Å². The molecule has 1 N–H and O–H groups in total. The minimum Gasteiger partial charge on any atom is -0.305 e. The van der Waals surface area contributed by atoms with E-state index in [-0.39, 0.29) is 0 Å². The summed E-state index contributed by atoms with van der Waals surface area (Å²) in [6, 6.07) is 12.6. The summed E-state index contributed by atoms with van der Waals surface area (Å²) in [5, 5.41) is 3.42. The second kappa shape index (κ2) is 5.37. The third kappa shape index (κ3) is 2.87. The molecule has 0 amide bonds. The SMILES string of the molecule is C[C@@H](NCc1ccncn1)c1ccccc1. The van der Waals surface area contributed by atoms with Gasteiger partial charge in [0.25, 0.3) is 0 Å². The fraction of sp³-hybridized carbons (Fsp3) is 0.231. The molecule has 3 heteroatoms. The topological polar surface area (TPSA) is 37.8 Å². The molecule has 0 fully saturated rings. The molecule has 0 radical (unpaired) electrons. The van der Waals surface area contributed by atoms with Gasteiger partial charge in [0.1, 0.15) is 6.33 Å². The maximum absolute atomic E-state index is 4.17. The zero-order valence-electron chi connectivity index (χ0n) is 9.30. The molecule has 0 saturated carbocycles. The van der Waals surface area contributed by atoms with Gasteiger partial charge < -0.3 is 5.32 Å². The quantitative estimate of drug-likeness (QED) is 0.847. The van der Waals surface area contributed by atoms with Gasteiger partial charge in [-0.2, -0.15) is 0 Å². The maximum atomic E-state index is 4.17. The van der Waals surface area contributed by atoms with Crippen LogP contribution in [0.5, 0.6) is 0 Å². The van der Waals surface area contributed by atoms with Crippen LogP contribution in [0.1, 0.15) is 24.2 Å². The number of nitrogens with zero attached hydrogens (tertiary/aromatic N) is 2. The molecule has 1 atom stereocenters. The first-order valence-electron chi connectivity index (χ1n) is 5.39. The summed E-state index contributed by atoms with van der Waals surface area (Å²) >= 11 is 0. The van der Waals surface area contributed by atoms with Crippen LogP contribution in [-0.4, -0.2) is 9.97 Å². The van der Waals surface area contributed by atoms with E-state index in [4.69, 9.17) is 0 Å². The monoisotopic (exact) mass is 213 g/mol. The van der Waals surface area contributed by atoms with Crippen molar-refractivity contribution in [2.45, 2.75) is 19.5 Å². The Bertz CT molecular complexity index is 414. The van der Waals surface area contributed by atoms with E-state index in [1.54, 1.807) is 12.5 Å². The van der Waals surface area contributed by atoms with E-state index < -0.39 is 0 Å². The molecule has 0 bridgehead atoms. The van der Waals surface area contributed by atoms with Crippen molar-refractivity contribution in [2.24, 2.45) is 0 Å². The minimum absolute atomic E-state index is 0.330. The van der Waals surface area contributed by atoms with Gasteiger partial charge in [-0.05, 0) is 18.6 Å². The lowest BCUT2D eigenvalue weighted by Gasteiger charge is -2.13. The Labute approximate surface area is 95.6 Å². The zero-order valence-corrected chi connectivity index (χ0v) is 9.30. The number of hydrogen-bond acceptors (Lipinski definition) is 3. The summed E-state index contributed by atoms with van der Waals surface area (Å²) in [4.78, 5) is 8.06. The van der Waals surface area contributed by atoms with Crippen LogP contribution < -0.4 is 5.32 Å². The minimum atomic E-state index is 0.330. The molecular formula is C13H15N3. The highest BCUT2D eigenvalue weighted by atomic mass is 14.9. The van der Waals surface area contributed by atoms with Crippen molar-refractivity contribution in [3.63, 3.8) is 0 Å². The first-order valence-corrected chi connectivity index (χ1v) is 5.39. The fourth-order valence-corrected chi connectivity index (χ4v) is 1.54. The van der Waals surface area contributed by atoms with Crippen LogP contribution >= 0.6 is 0 Å². The van der Waals surface area contributed by atoms with E-state index in [2.05, 4.69) is 46.5 Å². The van der Waals surface area contributed by atoms with Gasteiger partial charge >= 0.3 is 0 Å². The van der Waals surface area contributed by atoms with Crippen molar-refractivity contribution >= 4 is 0 Å². The molecule has 1 aromatic carbocycles. The van der Waals surface area contributed by atoms with Crippen molar-refractivity contribution in [2.75, 3.05) is 0 Å². The van der Waals surface area contributed by atoms with Crippen molar-refractivity contribution in [1.29, 1.82) is 0 Å². The third-order valence-corrected chi connectivity index (χ3v) is 2.53. The number of hydrogen-bond donors (Lipinski definition) is 1. The van der Waals surface area contributed by atoms with Crippen LogP contribution in [0.3, 0.4) is 0 Å². The highest BCUT2D eigenvalue weighted by Gasteiger charge is 2.03. The average Bonchev–Trinajstić information content (AvgIpc) is 2.38. The molecule has 82 valence electrons. The highest BCUT2D eigenvalue weighted by Crippen LogP contribution is 2.11. The molecule has 0 spiro atoms. The van der Waals surface area contributed by atoms with Crippen LogP contribution in [0, 0.1) is 0 Å². The molecule has 0 aliphatic heterocycles. The Morgan fingerprint density at radius 2 is 2.00 bits per heavy atom. The van der Waals surface area contributed by atoms with Gasteiger partial charge in [0.15, 0.2) is 0 Å². The molecule has 3 nitrogen and oxygen atoms in total. The molecule has 0 aliphatic rings. The number of rotatable bonds is 4. The van der Waals surface area contributed by atoms with E-state index in [1.165, 1.54) is 5.56 Å². The summed E-state index contributed by atoms with van der Waals surface area (Å²) in [5.41, 5.74) is 2.30. The second-order valence-corrected chi connectivity index (χ2v) is 3.71. The summed E-state index contributed by atoms with van der Waals surface area (Å²) < 4.78 is 0. The maximum Gasteiger partial charge on any atom is 0.115 e. The number of nitrogens with one attached hydrogen (secondary N) is 1. The number of aromatic nitrogens is 2. The summed E-state index contributed by atoms with van der Waals surface area (Å²) in [5.74, 6) is 0. The van der Waals surface area contributed by atoms with Gasteiger partial charge in [0.05, 0.1) is 5.69 Å². The predicted molar refractivity (Wildman–Crippen MR) is 63.7 cm³/mol. The van der Waals surface area contributed by atoms with Crippen LogP contribution in [0.25, 0.3) is 0 Å². The van der Waals surface area contributed by atoms with Gasteiger partial charge in [-0.25, -0.2) is 9.97 Å². The normalized spacial score (nSPS) is 12.3. The highest BCUT2D eigenvalue weighted by molar-refractivity contribution is 5.18. The van der Waals surface area contributed by atoms with E-state index in [1.807, 2.05) is 12.1 Å². The van der Waals surface area contributed by atoms with Crippen molar-refractivity contribution in [1.82, 2.24) is 15.3 Å². The number of benzene rings is 1. The Balaban J connectivity index is 1.92. The molecular weight excluding hydrogens is 198 g/mol. The van der Waals surface area contributed by atoms with Crippen molar-refractivity contribution in [3.05, 3.63) is 60.2 Å². The molecule has 2 aromatic rings. The van der Waals surface area contributed by atoms with Crippen molar-refractivity contribution < 1.29 is 0 Å². The standard InChI is InChI=1S/C13H15N3/c1-11(12-5-3-2-4-6-12)15-9-13-7-8-14-10-16-13/h2-8,10-11,15H,9H2,1H3/t11-/m1/s1. The van der Waals surface area contributed by atoms with Gasteiger partial charge in [-0.3, -0.25) is 0 Å². The second-order valence-electron chi connectivity index (χ2n) is 3.71.